The first kappa shape index (κ1) is 17.0. The zero-order chi connectivity index (χ0) is 17.3. The standard InChI is InChI=1S/C16H13Cl2N3O2S/c17-10-13-9-15(11-5-7-12(18)8-6-11)21(20-13)14-3-1-2-4-16(14)24(19,22)23/h1-9H,10H2,(H2,19,22,23). The molecule has 0 aliphatic rings. The summed E-state index contributed by atoms with van der Waals surface area (Å²) in [6.07, 6.45) is 0. The Hall–Kier alpha value is -1.86. The van der Waals surface area contributed by atoms with Gasteiger partial charge < -0.3 is 0 Å². The van der Waals surface area contributed by atoms with Gasteiger partial charge in [-0.3, -0.25) is 0 Å². The van der Waals surface area contributed by atoms with Gasteiger partial charge in [-0.15, -0.1) is 11.6 Å². The number of hydrogen-bond donors (Lipinski definition) is 1. The van der Waals surface area contributed by atoms with E-state index in [4.69, 9.17) is 28.3 Å². The van der Waals surface area contributed by atoms with Crippen LogP contribution in [0.1, 0.15) is 5.69 Å². The highest BCUT2D eigenvalue weighted by Crippen LogP contribution is 2.28. The van der Waals surface area contributed by atoms with E-state index in [1.165, 1.54) is 10.7 Å². The van der Waals surface area contributed by atoms with E-state index >= 15 is 0 Å². The number of hydrogen-bond acceptors (Lipinski definition) is 3. The van der Waals surface area contributed by atoms with Crippen LogP contribution in [0.5, 0.6) is 0 Å². The summed E-state index contributed by atoms with van der Waals surface area (Å²) in [4.78, 5) is -0.00978. The highest BCUT2D eigenvalue weighted by atomic mass is 35.5. The van der Waals surface area contributed by atoms with E-state index in [2.05, 4.69) is 5.10 Å². The molecule has 8 heteroatoms. The van der Waals surface area contributed by atoms with E-state index in [9.17, 15) is 8.42 Å². The number of sulfonamides is 1. The Morgan fingerprint density at radius 2 is 1.75 bits per heavy atom. The zero-order valence-electron chi connectivity index (χ0n) is 12.4. The Morgan fingerprint density at radius 3 is 2.38 bits per heavy atom. The van der Waals surface area contributed by atoms with Gasteiger partial charge in [-0.05, 0) is 30.3 Å². The lowest BCUT2D eigenvalue weighted by molar-refractivity contribution is 0.596. The van der Waals surface area contributed by atoms with Crippen molar-refractivity contribution in [1.82, 2.24) is 9.78 Å². The average Bonchev–Trinajstić information content (AvgIpc) is 2.99. The van der Waals surface area contributed by atoms with Gasteiger partial charge in [0.1, 0.15) is 4.90 Å². The topological polar surface area (TPSA) is 78.0 Å². The Kier molecular flexibility index (Phi) is 4.64. The molecule has 2 N–H and O–H groups in total. The van der Waals surface area contributed by atoms with E-state index in [1.54, 1.807) is 36.4 Å². The van der Waals surface area contributed by atoms with Crippen LogP contribution in [0.3, 0.4) is 0 Å². The van der Waals surface area contributed by atoms with Crippen molar-refractivity contribution >= 4 is 33.2 Å². The van der Waals surface area contributed by atoms with Crippen molar-refractivity contribution in [3.8, 4) is 16.9 Å². The molecule has 0 amide bonds. The van der Waals surface area contributed by atoms with Crippen LogP contribution in [0.25, 0.3) is 16.9 Å². The van der Waals surface area contributed by atoms with E-state index < -0.39 is 10.0 Å². The van der Waals surface area contributed by atoms with Gasteiger partial charge in [-0.25, -0.2) is 18.2 Å². The molecule has 1 heterocycles. The van der Waals surface area contributed by atoms with Gasteiger partial charge in [0.25, 0.3) is 0 Å². The highest BCUT2D eigenvalue weighted by Gasteiger charge is 2.19. The summed E-state index contributed by atoms with van der Waals surface area (Å²) in [6, 6.07) is 15.4. The summed E-state index contributed by atoms with van der Waals surface area (Å²) in [6.45, 7) is 0. The van der Waals surface area contributed by atoms with Gasteiger partial charge in [0.15, 0.2) is 0 Å². The first-order valence-electron chi connectivity index (χ1n) is 6.93. The number of halogens is 2. The number of rotatable bonds is 4. The van der Waals surface area contributed by atoms with Crippen LogP contribution in [0.4, 0.5) is 0 Å². The first-order chi connectivity index (χ1) is 11.4. The smallest absolute Gasteiger partial charge is 0.231 e. The van der Waals surface area contributed by atoms with Crippen LogP contribution >= 0.6 is 23.2 Å². The third-order valence-electron chi connectivity index (χ3n) is 3.44. The molecule has 24 heavy (non-hydrogen) atoms. The van der Waals surface area contributed by atoms with E-state index in [0.717, 1.165) is 5.56 Å². The second-order valence-corrected chi connectivity index (χ2v) is 7.32. The third kappa shape index (κ3) is 3.32. The zero-order valence-corrected chi connectivity index (χ0v) is 14.7. The number of aromatic nitrogens is 2. The van der Waals surface area contributed by atoms with Crippen molar-refractivity contribution < 1.29 is 8.42 Å². The van der Waals surface area contributed by atoms with Crippen LogP contribution < -0.4 is 5.14 Å². The van der Waals surface area contributed by atoms with Crippen molar-refractivity contribution in [3.63, 3.8) is 0 Å². The number of nitrogens with zero attached hydrogens (tertiary/aromatic N) is 2. The first-order valence-corrected chi connectivity index (χ1v) is 9.39. The van der Waals surface area contributed by atoms with Crippen LogP contribution in [0.2, 0.25) is 5.02 Å². The fourth-order valence-electron chi connectivity index (χ4n) is 2.38. The maximum atomic E-state index is 11.9. The Bertz CT molecular complexity index is 983. The van der Waals surface area contributed by atoms with Crippen molar-refractivity contribution in [2.45, 2.75) is 10.8 Å². The molecule has 0 radical (unpaired) electrons. The molecule has 0 atom stereocenters. The van der Waals surface area contributed by atoms with Gasteiger partial charge in [-0.1, -0.05) is 35.9 Å². The summed E-state index contributed by atoms with van der Waals surface area (Å²) in [5.74, 6) is 0.200. The minimum atomic E-state index is -3.90. The van der Waals surface area contributed by atoms with Crippen molar-refractivity contribution in [2.24, 2.45) is 5.14 Å². The Morgan fingerprint density at radius 1 is 1.08 bits per heavy atom. The van der Waals surface area contributed by atoms with Crippen LogP contribution in [0.15, 0.2) is 59.5 Å². The molecule has 0 unspecified atom stereocenters. The van der Waals surface area contributed by atoms with Gasteiger partial charge in [0.05, 0.1) is 23.0 Å². The summed E-state index contributed by atoms with van der Waals surface area (Å²) in [5.41, 5.74) is 2.50. The molecule has 3 aromatic rings. The van der Waals surface area contributed by atoms with Crippen LogP contribution in [-0.2, 0) is 15.9 Å². The monoisotopic (exact) mass is 381 g/mol. The molecule has 0 saturated carbocycles. The number of nitrogens with two attached hydrogens (primary N) is 1. The molecule has 3 rings (SSSR count). The molecule has 124 valence electrons. The second kappa shape index (κ2) is 6.57. The molecular weight excluding hydrogens is 369 g/mol. The largest absolute Gasteiger partial charge is 0.240 e. The SMILES string of the molecule is NS(=O)(=O)c1ccccc1-n1nc(CCl)cc1-c1ccc(Cl)cc1. The van der Waals surface area contributed by atoms with Crippen LogP contribution in [0, 0.1) is 0 Å². The summed E-state index contributed by atoms with van der Waals surface area (Å²) in [5, 5.41) is 10.3. The summed E-state index contributed by atoms with van der Waals surface area (Å²) >= 11 is 11.8. The third-order valence-corrected chi connectivity index (χ3v) is 4.92. The number of para-hydroxylation sites is 1. The lowest BCUT2D eigenvalue weighted by atomic mass is 10.1. The molecule has 0 aliphatic carbocycles. The average molecular weight is 382 g/mol. The fraction of sp³-hybridized carbons (Fsp3) is 0.0625. The number of alkyl halides is 1. The number of benzene rings is 2. The molecule has 1 aromatic heterocycles. The molecule has 5 nitrogen and oxygen atoms in total. The lowest BCUT2D eigenvalue weighted by Gasteiger charge is -2.11. The van der Waals surface area contributed by atoms with Gasteiger partial charge in [0.2, 0.25) is 10.0 Å². The highest BCUT2D eigenvalue weighted by molar-refractivity contribution is 7.89. The van der Waals surface area contributed by atoms with Crippen molar-refractivity contribution in [2.75, 3.05) is 0 Å². The molecule has 2 aromatic carbocycles. The number of primary sulfonamides is 1. The predicted molar refractivity (Wildman–Crippen MR) is 94.9 cm³/mol. The minimum Gasteiger partial charge on any atom is -0.231 e. The lowest BCUT2D eigenvalue weighted by Crippen LogP contribution is -2.16. The maximum Gasteiger partial charge on any atom is 0.240 e. The van der Waals surface area contributed by atoms with Gasteiger partial charge in [-0.2, -0.15) is 5.10 Å². The van der Waals surface area contributed by atoms with E-state index in [1.807, 2.05) is 12.1 Å². The second-order valence-electron chi connectivity index (χ2n) is 5.09. The Balaban J connectivity index is 2.26. The van der Waals surface area contributed by atoms with Crippen molar-refractivity contribution in [3.05, 3.63) is 65.3 Å². The normalized spacial score (nSPS) is 11.6. The maximum absolute atomic E-state index is 11.9. The quantitative estimate of drug-likeness (QED) is 0.701. The predicted octanol–water partition coefficient (Wildman–Crippen LogP) is 3.58. The molecule has 0 bridgehead atoms. The molecule has 0 aliphatic heterocycles. The van der Waals surface area contributed by atoms with Gasteiger partial charge >= 0.3 is 0 Å². The van der Waals surface area contributed by atoms with E-state index in [-0.39, 0.29) is 10.8 Å². The minimum absolute atomic E-state index is 0.00978. The molecule has 0 spiro atoms. The summed E-state index contributed by atoms with van der Waals surface area (Å²) in [7, 11) is -3.90. The Labute approximate surface area is 149 Å². The van der Waals surface area contributed by atoms with Gasteiger partial charge in [0, 0.05) is 10.6 Å². The molecule has 0 fully saturated rings. The van der Waals surface area contributed by atoms with E-state index in [0.29, 0.717) is 22.1 Å². The molecular formula is C16H13Cl2N3O2S. The molecule has 0 saturated heterocycles. The van der Waals surface area contributed by atoms with Crippen molar-refractivity contribution in [1.29, 1.82) is 0 Å². The summed E-state index contributed by atoms with van der Waals surface area (Å²) < 4.78 is 25.3. The van der Waals surface area contributed by atoms with Crippen LogP contribution in [-0.4, -0.2) is 18.2 Å². The fourth-order valence-corrected chi connectivity index (χ4v) is 3.35.